The standard InChI is InChI=1S/C22H27N5O2/c1-16-18(13-25-26(16)2)15-27-12-6-7-17(14-27)21-22(24-11-10-23-21)29-20-9-5-4-8-19(20)28-3/h4-5,8-11,13,17H,6-7,12,14-15H2,1-3H3/t17-/m0/s1. The number of hydrogen-bond acceptors (Lipinski definition) is 6. The molecule has 1 atom stereocenters. The minimum atomic E-state index is 0.277. The SMILES string of the molecule is COc1ccccc1Oc1nccnc1[C@H]1CCCN(Cc2cnn(C)c2C)C1. The van der Waals surface area contributed by atoms with Crippen molar-refractivity contribution in [2.24, 2.45) is 7.05 Å². The molecule has 2 aromatic heterocycles. The number of rotatable bonds is 6. The van der Waals surface area contributed by atoms with Gasteiger partial charge in [-0.1, -0.05) is 12.1 Å². The van der Waals surface area contributed by atoms with Gasteiger partial charge in [0.1, 0.15) is 5.69 Å². The molecule has 152 valence electrons. The molecule has 0 N–H and O–H groups in total. The Hall–Kier alpha value is -2.93. The van der Waals surface area contributed by atoms with Gasteiger partial charge >= 0.3 is 0 Å². The first kappa shape index (κ1) is 19.4. The summed E-state index contributed by atoms with van der Waals surface area (Å²) in [5.41, 5.74) is 3.40. The maximum absolute atomic E-state index is 6.13. The van der Waals surface area contributed by atoms with E-state index in [1.807, 2.05) is 42.2 Å². The Labute approximate surface area is 171 Å². The van der Waals surface area contributed by atoms with Crippen molar-refractivity contribution in [1.29, 1.82) is 0 Å². The summed E-state index contributed by atoms with van der Waals surface area (Å²) < 4.78 is 13.5. The summed E-state index contributed by atoms with van der Waals surface area (Å²) in [4.78, 5) is 11.6. The van der Waals surface area contributed by atoms with Crippen molar-refractivity contribution in [3.63, 3.8) is 0 Å². The second kappa shape index (κ2) is 8.61. The van der Waals surface area contributed by atoms with Gasteiger partial charge in [-0.15, -0.1) is 0 Å². The third kappa shape index (κ3) is 4.24. The van der Waals surface area contributed by atoms with Gasteiger partial charge in [-0.3, -0.25) is 14.6 Å². The van der Waals surface area contributed by atoms with Gasteiger partial charge in [0.05, 0.1) is 13.3 Å². The molecule has 1 fully saturated rings. The molecule has 1 aromatic carbocycles. The van der Waals surface area contributed by atoms with Crippen LogP contribution in [0, 0.1) is 6.92 Å². The number of ether oxygens (including phenoxy) is 2. The predicted molar refractivity (Wildman–Crippen MR) is 110 cm³/mol. The molecule has 0 amide bonds. The summed E-state index contributed by atoms with van der Waals surface area (Å²) in [5, 5.41) is 4.37. The van der Waals surface area contributed by atoms with Gasteiger partial charge in [-0.25, -0.2) is 4.98 Å². The number of benzene rings is 1. The Morgan fingerprint density at radius 1 is 1.14 bits per heavy atom. The van der Waals surface area contributed by atoms with Crippen LogP contribution in [0.15, 0.2) is 42.9 Å². The smallest absolute Gasteiger partial charge is 0.241 e. The van der Waals surface area contributed by atoms with Crippen LogP contribution in [0.4, 0.5) is 0 Å². The van der Waals surface area contributed by atoms with Crippen molar-refractivity contribution in [2.75, 3.05) is 20.2 Å². The average molecular weight is 393 g/mol. The number of hydrogen-bond donors (Lipinski definition) is 0. The first-order chi connectivity index (χ1) is 14.2. The zero-order valence-corrected chi connectivity index (χ0v) is 17.2. The van der Waals surface area contributed by atoms with Gasteiger partial charge in [0.2, 0.25) is 5.88 Å². The van der Waals surface area contributed by atoms with Crippen molar-refractivity contribution in [3.8, 4) is 17.4 Å². The second-order valence-electron chi connectivity index (χ2n) is 7.45. The lowest BCUT2D eigenvalue weighted by molar-refractivity contribution is 0.196. The molecule has 7 heteroatoms. The molecule has 0 radical (unpaired) electrons. The number of methoxy groups -OCH3 is 1. The van der Waals surface area contributed by atoms with E-state index >= 15 is 0 Å². The van der Waals surface area contributed by atoms with Gasteiger partial charge in [-0.2, -0.15) is 5.10 Å². The number of para-hydroxylation sites is 2. The average Bonchev–Trinajstić information content (AvgIpc) is 3.07. The molecule has 0 saturated carbocycles. The Bertz CT molecular complexity index is 971. The van der Waals surface area contributed by atoms with Crippen LogP contribution in [0.5, 0.6) is 17.4 Å². The molecule has 0 aliphatic carbocycles. The third-order valence-electron chi connectivity index (χ3n) is 5.59. The number of aromatic nitrogens is 4. The molecule has 0 unspecified atom stereocenters. The maximum Gasteiger partial charge on any atom is 0.241 e. The number of nitrogens with zero attached hydrogens (tertiary/aromatic N) is 5. The van der Waals surface area contributed by atoms with Crippen molar-refractivity contribution >= 4 is 0 Å². The van der Waals surface area contributed by atoms with Gasteiger partial charge < -0.3 is 9.47 Å². The van der Waals surface area contributed by atoms with E-state index in [4.69, 9.17) is 9.47 Å². The summed E-state index contributed by atoms with van der Waals surface area (Å²) in [6, 6.07) is 7.61. The van der Waals surface area contributed by atoms with E-state index in [1.165, 1.54) is 11.3 Å². The van der Waals surface area contributed by atoms with Crippen molar-refractivity contribution < 1.29 is 9.47 Å². The fraction of sp³-hybridized carbons (Fsp3) is 0.409. The van der Waals surface area contributed by atoms with E-state index < -0.39 is 0 Å². The van der Waals surface area contributed by atoms with Crippen LogP contribution >= 0.6 is 0 Å². The summed E-state index contributed by atoms with van der Waals surface area (Å²) in [7, 11) is 3.62. The molecule has 7 nitrogen and oxygen atoms in total. The zero-order valence-electron chi connectivity index (χ0n) is 17.2. The summed E-state index contributed by atoms with van der Waals surface area (Å²) >= 11 is 0. The van der Waals surface area contributed by atoms with Crippen molar-refractivity contribution in [1.82, 2.24) is 24.6 Å². The first-order valence-corrected chi connectivity index (χ1v) is 9.97. The number of aryl methyl sites for hydroxylation is 1. The molecule has 1 aliphatic heterocycles. The lowest BCUT2D eigenvalue weighted by Gasteiger charge is -2.32. The Kier molecular flexibility index (Phi) is 5.76. The maximum atomic E-state index is 6.13. The lowest BCUT2D eigenvalue weighted by atomic mass is 9.94. The highest BCUT2D eigenvalue weighted by atomic mass is 16.5. The summed E-state index contributed by atoms with van der Waals surface area (Å²) in [6.07, 6.45) is 7.58. The normalized spacial score (nSPS) is 17.3. The van der Waals surface area contributed by atoms with Crippen LogP contribution in [0.3, 0.4) is 0 Å². The fourth-order valence-corrected chi connectivity index (χ4v) is 3.86. The Morgan fingerprint density at radius 2 is 1.93 bits per heavy atom. The van der Waals surface area contributed by atoms with Gasteiger partial charge in [0.15, 0.2) is 11.5 Å². The highest BCUT2D eigenvalue weighted by Crippen LogP contribution is 2.36. The van der Waals surface area contributed by atoms with Crippen LogP contribution in [0.2, 0.25) is 0 Å². The topological polar surface area (TPSA) is 65.3 Å². The minimum absolute atomic E-state index is 0.277. The number of piperidine rings is 1. The molecule has 1 aliphatic rings. The van der Waals surface area contributed by atoms with E-state index in [2.05, 4.69) is 26.9 Å². The van der Waals surface area contributed by atoms with Crippen molar-refractivity contribution in [2.45, 2.75) is 32.2 Å². The van der Waals surface area contributed by atoms with E-state index in [0.29, 0.717) is 17.4 Å². The molecule has 29 heavy (non-hydrogen) atoms. The number of likely N-dealkylation sites (tertiary alicyclic amines) is 1. The highest BCUT2D eigenvalue weighted by Gasteiger charge is 2.27. The summed E-state index contributed by atoms with van der Waals surface area (Å²) in [5.74, 6) is 2.16. The molecule has 3 aromatic rings. The van der Waals surface area contributed by atoms with Crippen LogP contribution < -0.4 is 9.47 Å². The van der Waals surface area contributed by atoms with Crippen LogP contribution in [0.25, 0.3) is 0 Å². The zero-order chi connectivity index (χ0) is 20.2. The Morgan fingerprint density at radius 3 is 2.69 bits per heavy atom. The molecular formula is C22H27N5O2. The van der Waals surface area contributed by atoms with Crippen molar-refractivity contribution in [3.05, 3.63) is 59.8 Å². The first-order valence-electron chi connectivity index (χ1n) is 9.97. The minimum Gasteiger partial charge on any atom is -0.493 e. The fourth-order valence-electron chi connectivity index (χ4n) is 3.86. The van der Waals surface area contributed by atoms with E-state index in [0.717, 1.165) is 38.2 Å². The van der Waals surface area contributed by atoms with Crippen LogP contribution in [-0.2, 0) is 13.6 Å². The van der Waals surface area contributed by atoms with Crippen LogP contribution in [-0.4, -0.2) is 44.8 Å². The molecule has 3 heterocycles. The Balaban J connectivity index is 1.53. The predicted octanol–water partition coefficient (Wildman–Crippen LogP) is 3.70. The molecule has 0 spiro atoms. The largest absolute Gasteiger partial charge is 0.493 e. The summed E-state index contributed by atoms with van der Waals surface area (Å²) in [6.45, 7) is 5.02. The lowest BCUT2D eigenvalue weighted by Crippen LogP contribution is -2.34. The van der Waals surface area contributed by atoms with Gasteiger partial charge in [0, 0.05) is 49.7 Å². The van der Waals surface area contributed by atoms with Gasteiger partial charge in [0.25, 0.3) is 0 Å². The second-order valence-corrected chi connectivity index (χ2v) is 7.45. The van der Waals surface area contributed by atoms with Crippen LogP contribution in [0.1, 0.15) is 35.7 Å². The third-order valence-corrected chi connectivity index (χ3v) is 5.59. The quantitative estimate of drug-likeness (QED) is 0.636. The molecule has 1 saturated heterocycles. The molecule has 4 rings (SSSR count). The molecular weight excluding hydrogens is 366 g/mol. The van der Waals surface area contributed by atoms with E-state index in [1.54, 1.807) is 19.5 Å². The van der Waals surface area contributed by atoms with Gasteiger partial charge in [-0.05, 0) is 38.4 Å². The highest BCUT2D eigenvalue weighted by molar-refractivity contribution is 5.42. The molecule has 0 bridgehead atoms. The van der Waals surface area contributed by atoms with E-state index in [9.17, 15) is 0 Å². The monoisotopic (exact) mass is 393 g/mol. The van der Waals surface area contributed by atoms with E-state index in [-0.39, 0.29) is 5.92 Å².